The lowest BCUT2D eigenvalue weighted by molar-refractivity contribution is -0.160. The van der Waals surface area contributed by atoms with Crippen molar-refractivity contribution in [2.45, 2.75) is 37.6 Å². The first kappa shape index (κ1) is 16.0. The van der Waals surface area contributed by atoms with Crippen LogP contribution in [0.2, 0.25) is 0 Å². The van der Waals surface area contributed by atoms with E-state index in [4.69, 9.17) is 4.74 Å². The Balaban J connectivity index is 1.60. The van der Waals surface area contributed by atoms with Crippen molar-refractivity contribution in [1.29, 1.82) is 0 Å². The fourth-order valence-corrected chi connectivity index (χ4v) is 3.71. The van der Waals surface area contributed by atoms with E-state index in [9.17, 15) is 14.7 Å². The summed E-state index contributed by atoms with van der Waals surface area (Å²) in [6.45, 7) is 0.906. The lowest BCUT2D eigenvalue weighted by atomic mass is 9.78. The Hall–Kier alpha value is -1.88. The second kappa shape index (κ2) is 7.13. The molecule has 1 N–H and O–H groups in total. The van der Waals surface area contributed by atoms with Gasteiger partial charge in [-0.1, -0.05) is 30.3 Å². The number of carboxylic acid groups (broad SMARTS) is 1. The monoisotopic (exact) mass is 317 g/mol. The highest BCUT2D eigenvalue weighted by Gasteiger charge is 2.37. The third-order valence-electron chi connectivity index (χ3n) is 5.04. The molecule has 0 bridgehead atoms. The fourth-order valence-electron chi connectivity index (χ4n) is 3.71. The van der Waals surface area contributed by atoms with Crippen molar-refractivity contribution in [3.63, 3.8) is 0 Å². The van der Waals surface area contributed by atoms with Crippen LogP contribution in [-0.4, -0.2) is 47.7 Å². The van der Waals surface area contributed by atoms with Gasteiger partial charge in [-0.2, -0.15) is 0 Å². The van der Waals surface area contributed by atoms with Crippen LogP contribution in [0.15, 0.2) is 30.3 Å². The highest BCUT2D eigenvalue weighted by atomic mass is 16.5. The number of morpholine rings is 1. The molecule has 0 radical (unpaired) electrons. The number of hydrogen-bond acceptors (Lipinski definition) is 3. The van der Waals surface area contributed by atoms with Gasteiger partial charge in [-0.05, 0) is 37.2 Å². The predicted molar refractivity (Wildman–Crippen MR) is 85.1 cm³/mol. The van der Waals surface area contributed by atoms with Crippen molar-refractivity contribution in [2.75, 3.05) is 19.8 Å². The number of carbonyl (C=O) groups is 2. The molecule has 1 aliphatic heterocycles. The molecule has 5 heteroatoms. The van der Waals surface area contributed by atoms with Gasteiger partial charge in [0, 0.05) is 12.5 Å². The third-order valence-corrected chi connectivity index (χ3v) is 5.04. The van der Waals surface area contributed by atoms with Gasteiger partial charge in [0.05, 0.1) is 13.2 Å². The number of benzene rings is 1. The van der Waals surface area contributed by atoms with Crippen LogP contribution in [0.1, 0.15) is 37.2 Å². The predicted octanol–water partition coefficient (Wildman–Crippen LogP) is 2.27. The first-order valence-electron chi connectivity index (χ1n) is 8.33. The van der Waals surface area contributed by atoms with E-state index in [-0.39, 0.29) is 18.4 Å². The van der Waals surface area contributed by atoms with E-state index in [1.807, 2.05) is 6.07 Å². The smallest absolute Gasteiger partial charge is 0.328 e. The first-order chi connectivity index (χ1) is 11.2. The molecule has 0 spiro atoms. The van der Waals surface area contributed by atoms with Gasteiger partial charge in [0.2, 0.25) is 5.91 Å². The van der Waals surface area contributed by atoms with Crippen LogP contribution in [-0.2, 0) is 14.3 Å². The average Bonchev–Trinajstić information content (AvgIpc) is 2.62. The average molecular weight is 317 g/mol. The summed E-state index contributed by atoms with van der Waals surface area (Å²) in [7, 11) is 0. The zero-order valence-corrected chi connectivity index (χ0v) is 13.2. The molecule has 1 aromatic carbocycles. The van der Waals surface area contributed by atoms with E-state index in [0.717, 1.165) is 25.7 Å². The topological polar surface area (TPSA) is 66.8 Å². The Morgan fingerprint density at radius 1 is 1.09 bits per heavy atom. The van der Waals surface area contributed by atoms with Crippen LogP contribution < -0.4 is 0 Å². The minimum atomic E-state index is -0.976. The normalized spacial score (nSPS) is 28.3. The van der Waals surface area contributed by atoms with Crippen LogP contribution in [0.25, 0.3) is 0 Å². The summed E-state index contributed by atoms with van der Waals surface area (Å²) >= 11 is 0. The van der Waals surface area contributed by atoms with E-state index >= 15 is 0 Å². The maximum absolute atomic E-state index is 12.7. The Morgan fingerprint density at radius 2 is 1.78 bits per heavy atom. The minimum Gasteiger partial charge on any atom is -0.480 e. The Labute approximate surface area is 136 Å². The molecular formula is C18H23NO4. The molecular weight excluding hydrogens is 294 g/mol. The largest absolute Gasteiger partial charge is 0.480 e. The lowest BCUT2D eigenvalue weighted by Gasteiger charge is -2.37. The van der Waals surface area contributed by atoms with E-state index in [1.54, 1.807) is 0 Å². The summed E-state index contributed by atoms with van der Waals surface area (Å²) in [4.78, 5) is 25.5. The van der Waals surface area contributed by atoms with Gasteiger partial charge >= 0.3 is 5.97 Å². The summed E-state index contributed by atoms with van der Waals surface area (Å²) < 4.78 is 5.21. The molecule has 1 aromatic rings. The second-order valence-corrected chi connectivity index (χ2v) is 6.42. The first-order valence-corrected chi connectivity index (χ1v) is 8.33. The van der Waals surface area contributed by atoms with Gasteiger partial charge in [-0.3, -0.25) is 4.79 Å². The Bertz CT molecular complexity index is 551. The van der Waals surface area contributed by atoms with Crippen LogP contribution in [0, 0.1) is 5.92 Å². The number of nitrogens with zero attached hydrogens (tertiary/aromatic N) is 1. The van der Waals surface area contributed by atoms with Gasteiger partial charge in [0.15, 0.2) is 6.04 Å². The molecule has 1 heterocycles. The van der Waals surface area contributed by atoms with Crippen LogP contribution in [0.3, 0.4) is 0 Å². The highest BCUT2D eigenvalue weighted by Crippen LogP contribution is 2.36. The summed E-state index contributed by atoms with van der Waals surface area (Å²) in [5.74, 6) is -0.515. The van der Waals surface area contributed by atoms with Crippen LogP contribution in [0.5, 0.6) is 0 Å². The zero-order valence-electron chi connectivity index (χ0n) is 13.2. The Kier molecular flexibility index (Phi) is 4.96. The van der Waals surface area contributed by atoms with E-state index < -0.39 is 12.0 Å². The quantitative estimate of drug-likeness (QED) is 0.929. The van der Waals surface area contributed by atoms with Crippen molar-refractivity contribution in [3.05, 3.63) is 35.9 Å². The van der Waals surface area contributed by atoms with Crippen molar-refractivity contribution in [2.24, 2.45) is 5.92 Å². The molecule has 1 atom stereocenters. The molecule has 1 aliphatic carbocycles. The van der Waals surface area contributed by atoms with E-state index in [1.165, 1.54) is 10.5 Å². The number of aliphatic carboxylic acids is 1. The fraction of sp³-hybridized carbons (Fsp3) is 0.556. The van der Waals surface area contributed by atoms with E-state index in [0.29, 0.717) is 19.1 Å². The summed E-state index contributed by atoms with van der Waals surface area (Å²) in [6, 6.07) is 9.59. The number of carboxylic acids is 1. The molecule has 1 unspecified atom stereocenters. The number of hydrogen-bond donors (Lipinski definition) is 1. The van der Waals surface area contributed by atoms with Crippen LogP contribution in [0.4, 0.5) is 0 Å². The van der Waals surface area contributed by atoms with Gasteiger partial charge in [0.1, 0.15) is 0 Å². The Morgan fingerprint density at radius 3 is 2.43 bits per heavy atom. The lowest BCUT2D eigenvalue weighted by Crippen LogP contribution is -2.54. The third kappa shape index (κ3) is 3.55. The molecule has 5 nitrogen and oxygen atoms in total. The zero-order chi connectivity index (χ0) is 16.2. The number of rotatable bonds is 3. The van der Waals surface area contributed by atoms with Crippen molar-refractivity contribution in [1.82, 2.24) is 4.90 Å². The van der Waals surface area contributed by atoms with Crippen molar-refractivity contribution in [3.8, 4) is 0 Å². The van der Waals surface area contributed by atoms with Crippen LogP contribution >= 0.6 is 0 Å². The molecule has 1 saturated heterocycles. The maximum atomic E-state index is 12.7. The molecule has 1 amide bonds. The van der Waals surface area contributed by atoms with Gasteiger partial charge in [-0.25, -0.2) is 4.79 Å². The second-order valence-electron chi connectivity index (χ2n) is 6.42. The number of carbonyl (C=O) groups excluding carboxylic acids is 1. The molecule has 2 aliphatic rings. The SMILES string of the molecule is O=C(O)C1COCCN1C(=O)C1CCC(c2ccccc2)CC1. The summed E-state index contributed by atoms with van der Waals surface area (Å²) in [5, 5.41) is 9.27. The molecule has 23 heavy (non-hydrogen) atoms. The van der Waals surface area contributed by atoms with E-state index in [2.05, 4.69) is 24.3 Å². The van der Waals surface area contributed by atoms with Crippen molar-refractivity contribution < 1.29 is 19.4 Å². The highest BCUT2D eigenvalue weighted by molar-refractivity contribution is 5.85. The van der Waals surface area contributed by atoms with Gasteiger partial charge in [-0.15, -0.1) is 0 Å². The van der Waals surface area contributed by atoms with Gasteiger partial charge < -0.3 is 14.7 Å². The summed E-state index contributed by atoms with van der Waals surface area (Å²) in [6.07, 6.45) is 3.65. The number of amides is 1. The number of ether oxygens (including phenoxy) is 1. The van der Waals surface area contributed by atoms with Crippen molar-refractivity contribution >= 4 is 11.9 Å². The maximum Gasteiger partial charge on any atom is 0.328 e. The molecule has 124 valence electrons. The molecule has 2 fully saturated rings. The molecule has 0 aromatic heterocycles. The standard InChI is InChI=1S/C18H23NO4/c20-17(19-10-11-23-12-16(19)18(21)22)15-8-6-14(7-9-15)13-4-2-1-3-5-13/h1-5,14-16H,6-12H2,(H,21,22). The molecule has 1 saturated carbocycles. The molecule has 3 rings (SSSR count). The van der Waals surface area contributed by atoms with Gasteiger partial charge in [0.25, 0.3) is 0 Å². The summed E-state index contributed by atoms with van der Waals surface area (Å²) in [5.41, 5.74) is 1.34. The minimum absolute atomic E-state index is 0.00721.